The van der Waals surface area contributed by atoms with Gasteiger partial charge in [-0.05, 0) is 36.2 Å². The van der Waals surface area contributed by atoms with E-state index in [1.807, 2.05) is 37.3 Å². The number of ether oxygens (including phenoxy) is 1. The number of methoxy groups -OCH3 is 1. The van der Waals surface area contributed by atoms with Crippen molar-refractivity contribution in [3.05, 3.63) is 59.2 Å². The molecule has 0 spiro atoms. The van der Waals surface area contributed by atoms with E-state index in [2.05, 4.69) is 10.3 Å². The topological polar surface area (TPSA) is 51.2 Å². The van der Waals surface area contributed by atoms with Gasteiger partial charge < -0.3 is 4.74 Å². The second-order valence-corrected chi connectivity index (χ2v) is 6.06. The highest BCUT2D eigenvalue weighted by Crippen LogP contribution is 2.28. The summed E-state index contributed by atoms with van der Waals surface area (Å²) in [5, 5.41) is 3.48. The fourth-order valence-corrected chi connectivity index (χ4v) is 3.17. The molecule has 0 saturated carbocycles. The molecule has 3 aromatic rings. The Balaban J connectivity index is 1.79. The number of carbonyl (C=O) groups is 1. The van der Waals surface area contributed by atoms with Gasteiger partial charge in [0.2, 0.25) is 0 Å². The Labute approximate surface area is 132 Å². The zero-order valence-corrected chi connectivity index (χ0v) is 13.2. The van der Waals surface area contributed by atoms with Crippen LogP contribution in [0, 0.1) is 6.92 Å². The zero-order chi connectivity index (χ0) is 15.5. The number of nitrogens with zero attached hydrogens (tertiary/aromatic N) is 1. The lowest BCUT2D eigenvalue weighted by molar-refractivity contribution is 0.102. The smallest absolute Gasteiger partial charge is 0.257 e. The molecule has 3 rings (SSSR count). The third-order valence-corrected chi connectivity index (χ3v) is 4.30. The van der Waals surface area contributed by atoms with E-state index in [1.165, 1.54) is 11.3 Å². The summed E-state index contributed by atoms with van der Waals surface area (Å²) in [5.74, 6) is -0.152. The summed E-state index contributed by atoms with van der Waals surface area (Å²) >= 11 is 1.48. The first-order valence-electron chi connectivity index (χ1n) is 6.93. The fourth-order valence-electron chi connectivity index (χ4n) is 2.23. The molecule has 0 bridgehead atoms. The van der Waals surface area contributed by atoms with E-state index in [9.17, 15) is 4.79 Å². The van der Waals surface area contributed by atoms with Crippen molar-refractivity contribution in [2.45, 2.75) is 13.5 Å². The largest absolute Gasteiger partial charge is 0.380 e. The lowest BCUT2D eigenvalue weighted by Crippen LogP contribution is -2.11. The van der Waals surface area contributed by atoms with Crippen molar-refractivity contribution in [3.63, 3.8) is 0 Å². The third kappa shape index (κ3) is 3.00. The highest BCUT2D eigenvalue weighted by molar-refractivity contribution is 7.22. The predicted molar refractivity (Wildman–Crippen MR) is 89.5 cm³/mol. The molecule has 22 heavy (non-hydrogen) atoms. The van der Waals surface area contributed by atoms with E-state index in [1.54, 1.807) is 19.2 Å². The number of aryl methyl sites for hydroxylation is 1. The van der Waals surface area contributed by atoms with E-state index < -0.39 is 0 Å². The number of amides is 1. The van der Waals surface area contributed by atoms with Gasteiger partial charge in [0.1, 0.15) is 0 Å². The summed E-state index contributed by atoms with van der Waals surface area (Å²) in [7, 11) is 1.65. The Morgan fingerprint density at radius 3 is 2.68 bits per heavy atom. The van der Waals surface area contributed by atoms with Crippen molar-refractivity contribution < 1.29 is 9.53 Å². The molecular weight excluding hydrogens is 296 g/mol. The highest BCUT2D eigenvalue weighted by atomic mass is 32.1. The minimum Gasteiger partial charge on any atom is -0.380 e. The van der Waals surface area contributed by atoms with Gasteiger partial charge in [-0.15, -0.1) is 0 Å². The van der Waals surface area contributed by atoms with E-state index in [0.29, 0.717) is 17.3 Å². The van der Waals surface area contributed by atoms with Crippen molar-refractivity contribution in [1.82, 2.24) is 4.98 Å². The molecule has 1 aromatic heterocycles. The maximum Gasteiger partial charge on any atom is 0.257 e. The van der Waals surface area contributed by atoms with Crippen molar-refractivity contribution in [2.24, 2.45) is 0 Å². The van der Waals surface area contributed by atoms with Gasteiger partial charge in [0.25, 0.3) is 5.91 Å². The van der Waals surface area contributed by atoms with E-state index in [-0.39, 0.29) is 5.91 Å². The second-order valence-electron chi connectivity index (χ2n) is 5.02. The molecule has 0 unspecified atom stereocenters. The number of hydrogen-bond donors (Lipinski definition) is 1. The molecule has 4 nitrogen and oxygen atoms in total. The maximum absolute atomic E-state index is 12.3. The number of carbonyl (C=O) groups excluding carboxylic acids is 1. The summed E-state index contributed by atoms with van der Waals surface area (Å²) in [5.41, 5.74) is 3.70. The minimum absolute atomic E-state index is 0.152. The van der Waals surface area contributed by atoms with Crippen LogP contribution in [-0.4, -0.2) is 18.0 Å². The van der Waals surface area contributed by atoms with Gasteiger partial charge in [-0.3, -0.25) is 10.1 Å². The lowest BCUT2D eigenvalue weighted by atomic mass is 10.1. The molecule has 1 amide bonds. The molecular formula is C17H16N2O2S. The number of benzene rings is 2. The Hall–Kier alpha value is -2.24. The van der Waals surface area contributed by atoms with Gasteiger partial charge in [-0.1, -0.05) is 35.6 Å². The first-order valence-corrected chi connectivity index (χ1v) is 7.74. The first-order chi connectivity index (χ1) is 10.7. The van der Waals surface area contributed by atoms with Crippen molar-refractivity contribution in [3.8, 4) is 0 Å². The van der Waals surface area contributed by atoms with Crippen LogP contribution in [0.2, 0.25) is 0 Å². The average Bonchev–Trinajstić information content (AvgIpc) is 2.92. The number of fused-ring (bicyclic) bond motifs is 1. The Kier molecular flexibility index (Phi) is 4.18. The number of aromatic nitrogens is 1. The molecule has 0 atom stereocenters. The van der Waals surface area contributed by atoms with Gasteiger partial charge in [-0.2, -0.15) is 0 Å². The average molecular weight is 312 g/mol. The number of para-hydroxylation sites is 1. The number of thiazole rings is 1. The molecule has 0 radical (unpaired) electrons. The van der Waals surface area contributed by atoms with Gasteiger partial charge in [0.15, 0.2) is 5.13 Å². The number of hydrogen-bond acceptors (Lipinski definition) is 4. The molecule has 1 heterocycles. The molecule has 1 N–H and O–H groups in total. The Morgan fingerprint density at radius 2 is 2.00 bits per heavy atom. The number of rotatable bonds is 4. The van der Waals surface area contributed by atoms with Crippen LogP contribution < -0.4 is 5.32 Å². The van der Waals surface area contributed by atoms with Gasteiger partial charge in [0, 0.05) is 12.7 Å². The van der Waals surface area contributed by atoms with Gasteiger partial charge >= 0.3 is 0 Å². The van der Waals surface area contributed by atoms with Crippen LogP contribution in [0.25, 0.3) is 10.2 Å². The van der Waals surface area contributed by atoms with E-state index in [0.717, 1.165) is 21.3 Å². The number of nitrogens with one attached hydrogen (secondary N) is 1. The molecule has 2 aromatic carbocycles. The maximum atomic E-state index is 12.3. The van der Waals surface area contributed by atoms with Crippen LogP contribution in [0.4, 0.5) is 5.13 Å². The van der Waals surface area contributed by atoms with Gasteiger partial charge in [0.05, 0.1) is 16.8 Å². The molecule has 0 fully saturated rings. The van der Waals surface area contributed by atoms with Gasteiger partial charge in [-0.25, -0.2) is 4.98 Å². The number of anilines is 1. The molecule has 0 aliphatic carbocycles. The van der Waals surface area contributed by atoms with Crippen LogP contribution in [0.5, 0.6) is 0 Å². The quantitative estimate of drug-likeness (QED) is 0.792. The molecule has 0 aliphatic rings. The van der Waals surface area contributed by atoms with Crippen molar-refractivity contribution in [2.75, 3.05) is 12.4 Å². The first kappa shape index (κ1) is 14.7. The summed E-state index contributed by atoms with van der Waals surface area (Å²) < 4.78 is 6.13. The van der Waals surface area contributed by atoms with Crippen LogP contribution in [0.15, 0.2) is 42.5 Å². The minimum atomic E-state index is -0.152. The zero-order valence-electron chi connectivity index (χ0n) is 12.4. The monoisotopic (exact) mass is 312 g/mol. The third-order valence-electron chi connectivity index (χ3n) is 3.37. The Bertz CT molecular complexity index is 809. The SMILES string of the molecule is COCc1ccc(C(=O)Nc2nc3c(C)cccc3s2)cc1. The van der Waals surface area contributed by atoms with Crippen molar-refractivity contribution in [1.29, 1.82) is 0 Å². The van der Waals surface area contributed by atoms with E-state index in [4.69, 9.17) is 4.74 Å². The fraction of sp³-hybridized carbons (Fsp3) is 0.176. The summed E-state index contributed by atoms with van der Waals surface area (Å²) in [6.45, 7) is 2.56. The van der Waals surface area contributed by atoms with E-state index >= 15 is 0 Å². The Morgan fingerprint density at radius 1 is 1.23 bits per heavy atom. The molecule has 112 valence electrons. The van der Waals surface area contributed by atoms with Crippen LogP contribution in [0.3, 0.4) is 0 Å². The second kappa shape index (κ2) is 6.25. The van der Waals surface area contributed by atoms with Crippen LogP contribution >= 0.6 is 11.3 Å². The molecule has 0 aliphatic heterocycles. The van der Waals surface area contributed by atoms with Crippen LogP contribution in [0.1, 0.15) is 21.5 Å². The molecule has 0 saturated heterocycles. The lowest BCUT2D eigenvalue weighted by Gasteiger charge is -2.03. The summed E-state index contributed by atoms with van der Waals surface area (Å²) in [6.07, 6.45) is 0. The van der Waals surface area contributed by atoms with Crippen LogP contribution in [-0.2, 0) is 11.3 Å². The summed E-state index contributed by atoms with van der Waals surface area (Å²) in [6, 6.07) is 13.4. The predicted octanol–water partition coefficient (Wildman–Crippen LogP) is 4.00. The van der Waals surface area contributed by atoms with Crippen molar-refractivity contribution >= 4 is 32.6 Å². The summed E-state index contributed by atoms with van der Waals surface area (Å²) in [4.78, 5) is 16.8. The normalized spacial score (nSPS) is 10.8. The molecule has 5 heteroatoms. The highest BCUT2D eigenvalue weighted by Gasteiger charge is 2.10. The standard InChI is InChI=1S/C17H16N2O2S/c1-11-4-3-5-14-15(11)18-17(22-14)19-16(20)13-8-6-12(7-9-13)10-21-2/h3-9H,10H2,1-2H3,(H,18,19,20).